The summed E-state index contributed by atoms with van der Waals surface area (Å²) in [5, 5.41) is 12.9. The van der Waals surface area contributed by atoms with Crippen molar-refractivity contribution < 1.29 is 14.7 Å². The second-order valence-corrected chi connectivity index (χ2v) is 5.72. The molecule has 0 aromatic carbocycles. The van der Waals surface area contributed by atoms with Crippen LogP contribution >= 0.6 is 11.3 Å². The van der Waals surface area contributed by atoms with Gasteiger partial charge < -0.3 is 10.0 Å². The number of amides is 1. The van der Waals surface area contributed by atoms with Crippen LogP contribution < -0.4 is 0 Å². The first kappa shape index (κ1) is 16.7. The molecule has 6 heteroatoms. The monoisotopic (exact) mass is 298 g/mol. The maximum absolute atomic E-state index is 12.2. The molecule has 5 nitrogen and oxygen atoms in total. The number of aliphatic carboxylic acids is 1. The molecular formula is C14H22N2O3S. The first-order valence-electron chi connectivity index (χ1n) is 6.65. The molecule has 1 aromatic rings. The number of hydrogen-bond acceptors (Lipinski definition) is 4. The average Bonchev–Trinajstić information content (AvgIpc) is 2.89. The minimum Gasteiger partial charge on any atom is -0.480 e. The van der Waals surface area contributed by atoms with Gasteiger partial charge in [0.05, 0.1) is 13.1 Å². The van der Waals surface area contributed by atoms with E-state index in [1.54, 1.807) is 28.2 Å². The van der Waals surface area contributed by atoms with Crippen molar-refractivity contribution >= 4 is 23.2 Å². The van der Waals surface area contributed by atoms with Crippen molar-refractivity contribution in [1.29, 1.82) is 0 Å². The normalized spacial score (nSPS) is 12.4. The lowest BCUT2D eigenvalue weighted by Crippen LogP contribution is -2.44. The highest BCUT2D eigenvalue weighted by Crippen LogP contribution is 2.10. The molecule has 0 aliphatic carbocycles. The molecule has 0 saturated heterocycles. The van der Waals surface area contributed by atoms with Crippen LogP contribution in [0.25, 0.3) is 0 Å². The SMILES string of the molecule is CCC(C)N(CC(=O)O)CC(=O)N(C)Cc1ccsc1. The summed E-state index contributed by atoms with van der Waals surface area (Å²) in [7, 11) is 1.75. The van der Waals surface area contributed by atoms with Gasteiger partial charge in [0.2, 0.25) is 5.91 Å². The number of nitrogens with zero attached hydrogens (tertiary/aromatic N) is 2. The Morgan fingerprint density at radius 1 is 1.40 bits per heavy atom. The van der Waals surface area contributed by atoms with Gasteiger partial charge in [-0.2, -0.15) is 11.3 Å². The van der Waals surface area contributed by atoms with Gasteiger partial charge in [0.1, 0.15) is 0 Å². The standard InChI is InChI=1S/C14H22N2O3S/c1-4-11(2)16(9-14(18)19)8-13(17)15(3)7-12-5-6-20-10-12/h5-6,10-11H,4,7-9H2,1-3H3,(H,18,19). The van der Waals surface area contributed by atoms with Crippen LogP contribution in [0.4, 0.5) is 0 Å². The van der Waals surface area contributed by atoms with Gasteiger partial charge in [0.25, 0.3) is 0 Å². The van der Waals surface area contributed by atoms with Crippen LogP contribution in [0.1, 0.15) is 25.8 Å². The third-order valence-electron chi connectivity index (χ3n) is 3.32. The van der Waals surface area contributed by atoms with Crippen LogP contribution in [0.2, 0.25) is 0 Å². The third kappa shape index (κ3) is 5.30. The molecule has 1 atom stereocenters. The van der Waals surface area contributed by atoms with Crippen LogP contribution in [0, 0.1) is 0 Å². The fraction of sp³-hybridized carbons (Fsp3) is 0.571. The summed E-state index contributed by atoms with van der Waals surface area (Å²) in [6, 6.07) is 2.06. The molecule has 0 saturated carbocycles. The molecule has 0 fully saturated rings. The first-order valence-corrected chi connectivity index (χ1v) is 7.59. The molecule has 0 spiro atoms. The van der Waals surface area contributed by atoms with Crippen LogP contribution in [0.15, 0.2) is 16.8 Å². The number of carboxylic acids is 1. The molecule has 1 amide bonds. The van der Waals surface area contributed by atoms with Gasteiger partial charge in [-0.05, 0) is 35.7 Å². The van der Waals surface area contributed by atoms with Gasteiger partial charge in [0.15, 0.2) is 0 Å². The van der Waals surface area contributed by atoms with Crippen LogP contribution in [0.5, 0.6) is 0 Å². The predicted molar refractivity (Wildman–Crippen MR) is 79.8 cm³/mol. The van der Waals surface area contributed by atoms with E-state index >= 15 is 0 Å². The molecular weight excluding hydrogens is 276 g/mol. The van der Waals surface area contributed by atoms with E-state index in [-0.39, 0.29) is 25.0 Å². The number of thiophene rings is 1. The molecule has 1 N–H and O–H groups in total. The Morgan fingerprint density at radius 3 is 2.60 bits per heavy atom. The van der Waals surface area contributed by atoms with E-state index in [0.717, 1.165) is 12.0 Å². The molecule has 1 rings (SSSR count). The fourth-order valence-corrected chi connectivity index (χ4v) is 2.50. The smallest absolute Gasteiger partial charge is 0.317 e. The highest BCUT2D eigenvalue weighted by atomic mass is 32.1. The molecule has 20 heavy (non-hydrogen) atoms. The number of carbonyl (C=O) groups excluding carboxylic acids is 1. The summed E-state index contributed by atoms with van der Waals surface area (Å²) in [5.41, 5.74) is 1.10. The van der Waals surface area contributed by atoms with Gasteiger partial charge in [0, 0.05) is 19.6 Å². The molecule has 1 unspecified atom stereocenters. The van der Waals surface area contributed by atoms with Crippen molar-refractivity contribution in [2.24, 2.45) is 0 Å². The van der Waals surface area contributed by atoms with Crippen molar-refractivity contribution in [3.8, 4) is 0 Å². The maximum Gasteiger partial charge on any atom is 0.317 e. The number of hydrogen-bond donors (Lipinski definition) is 1. The van der Waals surface area contributed by atoms with Crippen molar-refractivity contribution in [3.63, 3.8) is 0 Å². The minimum absolute atomic E-state index is 0.0576. The lowest BCUT2D eigenvalue weighted by atomic mass is 10.2. The van der Waals surface area contributed by atoms with E-state index in [0.29, 0.717) is 6.54 Å². The lowest BCUT2D eigenvalue weighted by Gasteiger charge is -2.28. The van der Waals surface area contributed by atoms with E-state index in [9.17, 15) is 9.59 Å². The number of rotatable bonds is 8. The van der Waals surface area contributed by atoms with Gasteiger partial charge in [-0.15, -0.1) is 0 Å². The molecule has 1 heterocycles. The number of likely N-dealkylation sites (N-methyl/N-ethyl adjacent to an activating group) is 1. The van der Waals surface area contributed by atoms with Gasteiger partial charge in [-0.1, -0.05) is 6.92 Å². The molecule has 0 bridgehead atoms. The van der Waals surface area contributed by atoms with Crippen LogP contribution in [-0.4, -0.2) is 53.0 Å². The lowest BCUT2D eigenvalue weighted by molar-refractivity contribution is -0.140. The van der Waals surface area contributed by atoms with E-state index in [4.69, 9.17) is 5.11 Å². The Balaban J connectivity index is 2.57. The number of carboxylic acid groups (broad SMARTS) is 1. The van der Waals surface area contributed by atoms with E-state index < -0.39 is 5.97 Å². The Bertz CT molecular complexity index is 434. The Labute approximate surface area is 123 Å². The Kier molecular flexibility index (Phi) is 6.67. The summed E-state index contributed by atoms with van der Waals surface area (Å²) in [4.78, 5) is 26.4. The molecule has 1 aromatic heterocycles. The molecule has 0 radical (unpaired) electrons. The zero-order valence-corrected chi connectivity index (χ0v) is 13.0. The predicted octanol–water partition coefficient (Wildman–Crippen LogP) is 1.89. The maximum atomic E-state index is 12.2. The summed E-state index contributed by atoms with van der Waals surface area (Å²) in [6.07, 6.45) is 0.814. The summed E-state index contributed by atoms with van der Waals surface area (Å²) < 4.78 is 0. The molecule has 0 aliphatic rings. The summed E-state index contributed by atoms with van der Waals surface area (Å²) in [6.45, 7) is 4.52. The highest BCUT2D eigenvalue weighted by molar-refractivity contribution is 7.07. The van der Waals surface area contributed by atoms with Gasteiger partial charge >= 0.3 is 5.97 Å². The Morgan fingerprint density at radius 2 is 2.10 bits per heavy atom. The highest BCUT2D eigenvalue weighted by Gasteiger charge is 2.20. The Hall–Kier alpha value is -1.40. The summed E-state index contributed by atoms with van der Waals surface area (Å²) >= 11 is 1.60. The van der Waals surface area contributed by atoms with Crippen LogP contribution in [-0.2, 0) is 16.1 Å². The third-order valence-corrected chi connectivity index (χ3v) is 4.05. The topological polar surface area (TPSA) is 60.9 Å². The van der Waals surface area contributed by atoms with Crippen molar-refractivity contribution in [2.45, 2.75) is 32.9 Å². The van der Waals surface area contributed by atoms with E-state index in [1.165, 1.54) is 0 Å². The minimum atomic E-state index is -0.904. The first-order chi connectivity index (χ1) is 9.43. The molecule has 0 aliphatic heterocycles. The van der Waals surface area contributed by atoms with E-state index in [2.05, 4.69) is 0 Å². The van der Waals surface area contributed by atoms with E-state index in [1.807, 2.05) is 30.7 Å². The zero-order valence-electron chi connectivity index (χ0n) is 12.2. The second kappa shape index (κ2) is 8.01. The summed E-state index contributed by atoms with van der Waals surface area (Å²) in [5.74, 6) is -0.962. The quantitative estimate of drug-likeness (QED) is 0.796. The van der Waals surface area contributed by atoms with Crippen LogP contribution in [0.3, 0.4) is 0 Å². The van der Waals surface area contributed by atoms with Gasteiger partial charge in [-0.3, -0.25) is 14.5 Å². The number of carbonyl (C=O) groups is 2. The van der Waals surface area contributed by atoms with Crippen molar-refractivity contribution in [2.75, 3.05) is 20.1 Å². The van der Waals surface area contributed by atoms with Gasteiger partial charge in [-0.25, -0.2) is 0 Å². The zero-order chi connectivity index (χ0) is 15.1. The largest absolute Gasteiger partial charge is 0.480 e. The average molecular weight is 298 g/mol. The fourth-order valence-electron chi connectivity index (χ4n) is 1.84. The van der Waals surface area contributed by atoms with Crippen molar-refractivity contribution in [3.05, 3.63) is 22.4 Å². The molecule has 112 valence electrons. The second-order valence-electron chi connectivity index (χ2n) is 4.94. The van der Waals surface area contributed by atoms with Crippen molar-refractivity contribution in [1.82, 2.24) is 9.80 Å².